The Labute approximate surface area is 178 Å². The smallest absolute Gasteiger partial charge is 0.280 e. The van der Waals surface area contributed by atoms with Crippen LogP contribution in [0.15, 0.2) is 18.3 Å². The zero-order valence-electron chi connectivity index (χ0n) is 16.6. The fourth-order valence-electron chi connectivity index (χ4n) is 4.53. The van der Waals surface area contributed by atoms with Crippen molar-refractivity contribution in [1.29, 1.82) is 0 Å². The van der Waals surface area contributed by atoms with Crippen molar-refractivity contribution in [3.63, 3.8) is 0 Å². The number of ether oxygens (including phenoxy) is 1. The zero-order valence-corrected chi connectivity index (χ0v) is 17.4. The number of benzene rings is 1. The second-order valence-electron chi connectivity index (χ2n) is 8.32. The first kappa shape index (κ1) is 21.5. The Morgan fingerprint density at radius 3 is 2.70 bits per heavy atom. The van der Waals surface area contributed by atoms with Gasteiger partial charge in [0.1, 0.15) is 6.10 Å². The Morgan fingerprint density at radius 2 is 2.00 bits per heavy atom. The molecule has 0 aliphatic carbocycles. The number of nitrogens with zero attached hydrogens (tertiary/aromatic N) is 2. The van der Waals surface area contributed by atoms with Crippen LogP contribution in [0.4, 0.5) is 8.78 Å². The second-order valence-corrected chi connectivity index (χ2v) is 8.76. The maximum atomic E-state index is 15.2. The normalized spacial score (nSPS) is 20.6. The lowest BCUT2D eigenvalue weighted by molar-refractivity contribution is -0.164. The van der Waals surface area contributed by atoms with Crippen molar-refractivity contribution in [2.45, 2.75) is 44.1 Å². The number of likely N-dealkylation sites (tertiary alicyclic amines) is 1. The lowest BCUT2D eigenvalue weighted by Gasteiger charge is -2.38. The van der Waals surface area contributed by atoms with Crippen LogP contribution in [-0.4, -0.2) is 58.3 Å². The molecule has 9 heteroatoms. The van der Waals surface area contributed by atoms with Crippen LogP contribution in [0.5, 0.6) is 0 Å². The third kappa shape index (κ3) is 4.31. The number of piperidine rings is 1. The highest BCUT2D eigenvalue weighted by Gasteiger charge is 2.48. The molecule has 1 atom stereocenters. The molecule has 0 spiro atoms. The molecule has 1 unspecified atom stereocenters. The van der Waals surface area contributed by atoms with Crippen molar-refractivity contribution in [1.82, 2.24) is 15.1 Å². The molecule has 0 radical (unpaired) electrons. The van der Waals surface area contributed by atoms with Crippen molar-refractivity contribution >= 4 is 28.4 Å². The number of fused-ring (bicyclic) bond motifs is 1. The first-order chi connectivity index (χ1) is 14.4. The molecule has 30 heavy (non-hydrogen) atoms. The highest BCUT2D eigenvalue weighted by Crippen LogP contribution is 2.44. The molecule has 2 N–H and O–H groups in total. The molecule has 2 aliphatic rings. The van der Waals surface area contributed by atoms with Gasteiger partial charge in [-0.15, -0.1) is 0 Å². The number of hydrogen-bond donors (Lipinski definition) is 2. The molecule has 6 nitrogen and oxygen atoms in total. The minimum absolute atomic E-state index is 0.0261. The van der Waals surface area contributed by atoms with Crippen molar-refractivity contribution in [2.75, 3.05) is 26.3 Å². The third-order valence-electron chi connectivity index (χ3n) is 6.40. The van der Waals surface area contributed by atoms with Gasteiger partial charge in [0.05, 0.1) is 11.7 Å². The molecule has 2 fully saturated rings. The average molecular weight is 442 g/mol. The molecule has 3 heterocycles. The Hall–Kier alpha value is -1.77. The molecule has 2 aromatic rings. The van der Waals surface area contributed by atoms with E-state index in [-0.39, 0.29) is 42.4 Å². The summed E-state index contributed by atoms with van der Waals surface area (Å²) in [7, 11) is 0. The van der Waals surface area contributed by atoms with Gasteiger partial charge in [0.2, 0.25) is 5.91 Å². The standard InChI is InChI=1S/C21H26ClF2N3O3/c22-16-10-14-12-25-26-19(14)17(11-16)20(29)21(23,24)15-1-5-27(6-2-15)18(28)9-13-3-7-30-8-4-13/h10-13,15,20,29H,1-9H2,(H,25,26). The van der Waals surface area contributed by atoms with Gasteiger partial charge in [-0.05, 0) is 43.7 Å². The van der Waals surface area contributed by atoms with Gasteiger partial charge in [0.15, 0.2) is 0 Å². The van der Waals surface area contributed by atoms with E-state index in [1.54, 1.807) is 11.0 Å². The van der Waals surface area contributed by atoms with Crippen LogP contribution < -0.4 is 0 Å². The van der Waals surface area contributed by atoms with Crippen molar-refractivity contribution in [3.8, 4) is 0 Å². The first-order valence-electron chi connectivity index (χ1n) is 10.4. The monoisotopic (exact) mass is 441 g/mol. The van der Waals surface area contributed by atoms with Crippen LogP contribution in [-0.2, 0) is 9.53 Å². The number of alkyl halides is 2. The topological polar surface area (TPSA) is 78.4 Å². The number of carbonyl (C=O) groups is 1. The Balaban J connectivity index is 1.40. The third-order valence-corrected chi connectivity index (χ3v) is 6.62. The van der Waals surface area contributed by atoms with Crippen LogP contribution in [0.3, 0.4) is 0 Å². The number of carbonyl (C=O) groups excluding carboxylic acids is 1. The average Bonchev–Trinajstić information content (AvgIpc) is 3.21. The van der Waals surface area contributed by atoms with E-state index in [9.17, 15) is 9.90 Å². The number of aromatic amines is 1. The summed E-state index contributed by atoms with van der Waals surface area (Å²) in [5.41, 5.74) is 0.397. The lowest BCUT2D eigenvalue weighted by Crippen LogP contribution is -2.46. The first-order valence-corrected chi connectivity index (χ1v) is 10.8. The van der Waals surface area contributed by atoms with Gasteiger partial charge in [0.25, 0.3) is 5.92 Å². The summed E-state index contributed by atoms with van der Waals surface area (Å²) in [4.78, 5) is 14.2. The number of H-pyrrole nitrogens is 1. The minimum Gasteiger partial charge on any atom is -0.382 e. The van der Waals surface area contributed by atoms with Gasteiger partial charge in [-0.1, -0.05) is 11.6 Å². The molecule has 1 amide bonds. The van der Waals surface area contributed by atoms with Crippen LogP contribution in [0, 0.1) is 11.8 Å². The molecular weight excluding hydrogens is 416 g/mol. The molecule has 1 aromatic carbocycles. The fraction of sp³-hybridized carbons (Fsp3) is 0.619. The summed E-state index contributed by atoms with van der Waals surface area (Å²) in [5.74, 6) is -4.03. The SMILES string of the molecule is O=C(CC1CCOCC1)N1CCC(C(F)(F)C(O)c2cc(Cl)cc3cn[nH]c23)CC1. The zero-order chi connectivity index (χ0) is 21.3. The molecule has 1 aromatic heterocycles. The van der Waals surface area contributed by atoms with Crippen LogP contribution in [0.2, 0.25) is 5.02 Å². The number of hydrogen-bond acceptors (Lipinski definition) is 4. The fourth-order valence-corrected chi connectivity index (χ4v) is 4.77. The molecule has 2 saturated heterocycles. The van der Waals surface area contributed by atoms with E-state index >= 15 is 8.78 Å². The van der Waals surface area contributed by atoms with Gasteiger partial charge < -0.3 is 14.7 Å². The number of nitrogens with one attached hydrogen (secondary N) is 1. The van der Waals surface area contributed by atoms with Crippen LogP contribution in [0.25, 0.3) is 10.9 Å². The summed E-state index contributed by atoms with van der Waals surface area (Å²) in [6.45, 7) is 1.92. The maximum Gasteiger partial charge on any atom is 0.280 e. The minimum atomic E-state index is -3.35. The molecule has 164 valence electrons. The summed E-state index contributed by atoms with van der Waals surface area (Å²) < 4.78 is 35.7. The van der Waals surface area contributed by atoms with E-state index in [1.807, 2.05) is 0 Å². The van der Waals surface area contributed by atoms with E-state index in [0.29, 0.717) is 36.5 Å². The molecule has 0 bridgehead atoms. The summed E-state index contributed by atoms with van der Waals surface area (Å²) in [6.07, 6.45) is 1.97. The van der Waals surface area contributed by atoms with Crippen molar-refractivity contribution in [2.24, 2.45) is 11.8 Å². The quantitative estimate of drug-likeness (QED) is 0.736. The van der Waals surface area contributed by atoms with Gasteiger partial charge >= 0.3 is 0 Å². The Morgan fingerprint density at radius 1 is 1.30 bits per heavy atom. The number of halogens is 3. The highest BCUT2D eigenvalue weighted by atomic mass is 35.5. The van der Waals surface area contributed by atoms with E-state index in [4.69, 9.17) is 16.3 Å². The van der Waals surface area contributed by atoms with Crippen molar-refractivity contribution < 1.29 is 23.4 Å². The van der Waals surface area contributed by atoms with Gasteiger partial charge in [-0.2, -0.15) is 5.10 Å². The number of aliphatic hydroxyl groups is 1. The Kier molecular flexibility index (Phi) is 6.27. The molecular formula is C21H26ClF2N3O3. The lowest BCUT2D eigenvalue weighted by atomic mass is 9.84. The van der Waals surface area contributed by atoms with E-state index in [2.05, 4.69) is 10.2 Å². The number of rotatable bonds is 5. The maximum absolute atomic E-state index is 15.2. The highest BCUT2D eigenvalue weighted by molar-refractivity contribution is 6.31. The summed E-state index contributed by atoms with van der Waals surface area (Å²) >= 11 is 6.04. The number of aromatic nitrogens is 2. The van der Waals surface area contributed by atoms with Gasteiger partial charge in [0, 0.05) is 54.6 Å². The predicted molar refractivity (Wildman–Crippen MR) is 108 cm³/mol. The number of aliphatic hydroxyl groups excluding tert-OH is 1. The van der Waals surface area contributed by atoms with E-state index < -0.39 is 17.9 Å². The molecule has 4 rings (SSSR count). The van der Waals surface area contributed by atoms with E-state index in [1.165, 1.54) is 12.3 Å². The van der Waals surface area contributed by atoms with Crippen LogP contribution in [0.1, 0.15) is 43.8 Å². The Bertz CT molecular complexity index is 893. The van der Waals surface area contributed by atoms with Crippen LogP contribution >= 0.6 is 11.6 Å². The van der Waals surface area contributed by atoms with Crippen molar-refractivity contribution in [3.05, 3.63) is 28.9 Å². The molecule has 2 aliphatic heterocycles. The van der Waals surface area contributed by atoms with E-state index in [0.717, 1.165) is 12.8 Å². The predicted octanol–water partition coefficient (Wildman–Crippen LogP) is 3.94. The summed E-state index contributed by atoms with van der Waals surface area (Å²) in [5, 5.41) is 18.0. The second kappa shape index (κ2) is 8.77. The molecule has 0 saturated carbocycles. The largest absolute Gasteiger partial charge is 0.382 e. The van der Waals surface area contributed by atoms with Gasteiger partial charge in [-0.3, -0.25) is 9.89 Å². The van der Waals surface area contributed by atoms with Gasteiger partial charge in [-0.25, -0.2) is 8.78 Å². The summed E-state index contributed by atoms with van der Waals surface area (Å²) in [6, 6.07) is 2.96. The number of amides is 1.